The van der Waals surface area contributed by atoms with Gasteiger partial charge in [0.25, 0.3) is 0 Å². The Bertz CT molecular complexity index is 204. The van der Waals surface area contributed by atoms with Gasteiger partial charge in [0.1, 0.15) is 5.78 Å². The van der Waals surface area contributed by atoms with Gasteiger partial charge < -0.3 is 5.32 Å². The molecule has 0 aliphatic rings. The van der Waals surface area contributed by atoms with E-state index >= 15 is 0 Å². The molecule has 0 aliphatic heterocycles. The molecule has 0 heterocycles. The molecule has 0 spiro atoms. The molecule has 14 heavy (non-hydrogen) atoms. The molecule has 1 unspecified atom stereocenters. The third kappa shape index (κ3) is 4.37. The fraction of sp³-hybridized carbons (Fsp3) is 0.800. The third-order valence-electron chi connectivity index (χ3n) is 1.97. The smallest absolute Gasteiger partial charge is 0.237 e. The van der Waals surface area contributed by atoms with Crippen molar-refractivity contribution in [1.82, 2.24) is 10.2 Å². The van der Waals surface area contributed by atoms with Gasteiger partial charge in [-0.1, -0.05) is 13.8 Å². The molecule has 0 aromatic heterocycles. The highest BCUT2D eigenvalue weighted by Crippen LogP contribution is 2.06. The Hall–Kier alpha value is -0.900. The first-order valence-corrected chi connectivity index (χ1v) is 4.79. The fourth-order valence-corrected chi connectivity index (χ4v) is 1.45. The zero-order chi connectivity index (χ0) is 11.3. The minimum absolute atomic E-state index is 0.0281. The minimum Gasteiger partial charge on any atom is -0.348 e. The lowest BCUT2D eigenvalue weighted by atomic mass is 10.0. The summed E-state index contributed by atoms with van der Waals surface area (Å²) in [7, 11) is 3.72. The molecule has 4 nitrogen and oxygen atoms in total. The zero-order valence-electron chi connectivity index (χ0n) is 9.63. The molecule has 0 radical (unpaired) electrons. The lowest BCUT2D eigenvalue weighted by Crippen LogP contribution is -2.47. The van der Waals surface area contributed by atoms with E-state index in [-0.39, 0.29) is 30.2 Å². The molecular weight excluding hydrogens is 180 g/mol. The van der Waals surface area contributed by atoms with E-state index in [1.807, 2.05) is 32.8 Å². The van der Waals surface area contributed by atoms with Crippen molar-refractivity contribution in [1.29, 1.82) is 0 Å². The number of nitrogens with one attached hydrogen (secondary N) is 1. The highest BCUT2D eigenvalue weighted by molar-refractivity contribution is 5.87. The van der Waals surface area contributed by atoms with E-state index in [4.69, 9.17) is 0 Å². The number of amides is 1. The van der Waals surface area contributed by atoms with Crippen LogP contribution in [0.15, 0.2) is 0 Å². The average Bonchev–Trinajstić information content (AvgIpc) is 1.99. The van der Waals surface area contributed by atoms with Gasteiger partial charge in [0.15, 0.2) is 0 Å². The van der Waals surface area contributed by atoms with Crippen molar-refractivity contribution in [3.63, 3.8) is 0 Å². The van der Waals surface area contributed by atoms with Gasteiger partial charge in [-0.2, -0.15) is 0 Å². The number of rotatable bonds is 5. The molecule has 0 saturated carbocycles. The van der Waals surface area contributed by atoms with Gasteiger partial charge in [0, 0.05) is 0 Å². The summed E-state index contributed by atoms with van der Waals surface area (Å²) in [6.45, 7) is 5.55. The topological polar surface area (TPSA) is 49.4 Å². The van der Waals surface area contributed by atoms with Crippen molar-refractivity contribution in [2.45, 2.75) is 26.8 Å². The van der Waals surface area contributed by atoms with Gasteiger partial charge in [-0.15, -0.1) is 0 Å². The van der Waals surface area contributed by atoms with Crippen molar-refractivity contribution in [2.75, 3.05) is 20.6 Å². The molecule has 0 rings (SSSR count). The molecule has 1 atom stereocenters. The normalized spacial score (nSPS) is 13.1. The van der Waals surface area contributed by atoms with Crippen molar-refractivity contribution < 1.29 is 9.59 Å². The molecule has 0 aliphatic carbocycles. The Balaban J connectivity index is 4.23. The fourth-order valence-electron chi connectivity index (χ4n) is 1.45. The van der Waals surface area contributed by atoms with E-state index < -0.39 is 0 Å². The zero-order valence-corrected chi connectivity index (χ0v) is 9.63. The van der Waals surface area contributed by atoms with Crippen LogP contribution in [0.4, 0.5) is 0 Å². The van der Waals surface area contributed by atoms with Crippen molar-refractivity contribution in [3.05, 3.63) is 0 Å². The molecule has 0 saturated heterocycles. The number of Topliss-reactive ketones (excluding diaryl/α,β-unsaturated/α-hetero) is 1. The quantitative estimate of drug-likeness (QED) is 0.693. The molecule has 0 aromatic carbocycles. The van der Waals surface area contributed by atoms with Gasteiger partial charge in [0.2, 0.25) is 5.91 Å². The van der Waals surface area contributed by atoms with Crippen LogP contribution < -0.4 is 5.32 Å². The lowest BCUT2D eigenvalue weighted by Gasteiger charge is -2.26. The first kappa shape index (κ1) is 13.1. The van der Waals surface area contributed by atoms with Crippen LogP contribution in [-0.2, 0) is 9.59 Å². The standard InChI is InChI=1S/C10H20N2O2/c1-7(2)9(12(4)5)10(14)11-6-8(3)13/h7,9H,6H2,1-5H3,(H,11,14). The summed E-state index contributed by atoms with van der Waals surface area (Å²) in [4.78, 5) is 24.2. The number of carbonyl (C=O) groups is 2. The van der Waals surface area contributed by atoms with E-state index in [2.05, 4.69) is 5.32 Å². The maximum atomic E-state index is 11.6. The van der Waals surface area contributed by atoms with Gasteiger partial charge in [-0.05, 0) is 26.9 Å². The molecule has 1 amide bonds. The predicted molar refractivity (Wildman–Crippen MR) is 56.0 cm³/mol. The molecule has 0 fully saturated rings. The van der Waals surface area contributed by atoms with E-state index in [0.717, 1.165) is 0 Å². The summed E-state index contributed by atoms with van der Waals surface area (Å²) in [6, 6.07) is -0.172. The summed E-state index contributed by atoms with van der Waals surface area (Å²) in [5.74, 6) is 0.122. The monoisotopic (exact) mass is 200 g/mol. The van der Waals surface area contributed by atoms with Crippen LogP contribution in [0.2, 0.25) is 0 Å². The van der Waals surface area contributed by atoms with Crippen LogP contribution in [0.1, 0.15) is 20.8 Å². The van der Waals surface area contributed by atoms with E-state index in [1.54, 1.807) is 0 Å². The summed E-state index contributed by atoms with van der Waals surface area (Å²) >= 11 is 0. The Morgan fingerprint density at radius 2 is 1.79 bits per heavy atom. The Kier molecular flexibility index (Phi) is 5.38. The number of carbonyl (C=O) groups excluding carboxylic acids is 2. The largest absolute Gasteiger partial charge is 0.348 e. The van der Waals surface area contributed by atoms with E-state index in [9.17, 15) is 9.59 Å². The molecule has 82 valence electrons. The van der Waals surface area contributed by atoms with Crippen LogP contribution in [0.25, 0.3) is 0 Å². The first-order chi connectivity index (χ1) is 6.36. The lowest BCUT2D eigenvalue weighted by molar-refractivity contribution is -0.129. The summed E-state index contributed by atoms with van der Waals surface area (Å²) in [6.07, 6.45) is 0. The van der Waals surface area contributed by atoms with Gasteiger partial charge in [-0.25, -0.2) is 0 Å². The van der Waals surface area contributed by atoms with Crippen molar-refractivity contribution in [2.24, 2.45) is 5.92 Å². The van der Waals surface area contributed by atoms with Gasteiger partial charge in [0.05, 0.1) is 12.6 Å². The second-order valence-corrected chi connectivity index (χ2v) is 4.07. The van der Waals surface area contributed by atoms with Crippen molar-refractivity contribution >= 4 is 11.7 Å². The maximum Gasteiger partial charge on any atom is 0.237 e. The SMILES string of the molecule is CC(=O)CNC(=O)C(C(C)C)N(C)C. The molecule has 1 N–H and O–H groups in total. The minimum atomic E-state index is -0.172. The number of likely N-dealkylation sites (N-methyl/N-ethyl adjacent to an activating group) is 1. The Morgan fingerprint density at radius 1 is 1.29 bits per heavy atom. The highest BCUT2D eigenvalue weighted by Gasteiger charge is 2.23. The van der Waals surface area contributed by atoms with Gasteiger partial charge >= 0.3 is 0 Å². The second kappa shape index (κ2) is 5.75. The number of ketones is 1. The van der Waals surface area contributed by atoms with Crippen LogP contribution in [0.5, 0.6) is 0 Å². The van der Waals surface area contributed by atoms with Crippen LogP contribution in [-0.4, -0.2) is 43.3 Å². The highest BCUT2D eigenvalue weighted by atomic mass is 16.2. The van der Waals surface area contributed by atoms with Crippen LogP contribution >= 0.6 is 0 Å². The second-order valence-electron chi connectivity index (χ2n) is 4.07. The van der Waals surface area contributed by atoms with Crippen LogP contribution in [0.3, 0.4) is 0 Å². The molecule has 0 aromatic rings. The molecule has 0 bridgehead atoms. The molecule has 4 heteroatoms. The number of hydrogen-bond donors (Lipinski definition) is 1. The summed E-state index contributed by atoms with van der Waals surface area (Å²) < 4.78 is 0. The number of hydrogen-bond acceptors (Lipinski definition) is 3. The Morgan fingerprint density at radius 3 is 2.07 bits per heavy atom. The van der Waals surface area contributed by atoms with E-state index in [0.29, 0.717) is 0 Å². The average molecular weight is 200 g/mol. The van der Waals surface area contributed by atoms with E-state index in [1.165, 1.54) is 6.92 Å². The number of nitrogens with zero attached hydrogens (tertiary/aromatic N) is 1. The predicted octanol–water partition coefficient (Wildman–Crippen LogP) is 0.278. The molecular formula is C10H20N2O2. The first-order valence-electron chi connectivity index (χ1n) is 4.79. The van der Waals surface area contributed by atoms with Crippen LogP contribution in [0, 0.1) is 5.92 Å². The maximum absolute atomic E-state index is 11.6. The summed E-state index contributed by atoms with van der Waals surface area (Å²) in [5.41, 5.74) is 0. The Labute approximate surface area is 85.7 Å². The van der Waals surface area contributed by atoms with Gasteiger partial charge in [-0.3, -0.25) is 14.5 Å². The van der Waals surface area contributed by atoms with Crippen molar-refractivity contribution in [3.8, 4) is 0 Å². The summed E-state index contributed by atoms with van der Waals surface area (Å²) in [5, 5.41) is 2.61. The third-order valence-corrected chi connectivity index (χ3v) is 1.97.